The first-order valence-corrected chi connectivity index (χ1v) is 6.96. The molecule has 0 radical (unpaired) electrons. The number of anilines is 1. The third-order valence-corrected chi connectivity index (χ3v) is 3.24. The molecule has 2 nitrogen and oxygen atoms in total. The molecule has 0 aromatic heterocycles. The molecule has 100 valence electrons. The Morgan fingerprint density at radius 1 is 1.28 bits per heavy atom. The van der Waals surface area contributed by atoms with Gasteiger partial charge in [-0.2, -0.15) is 0 Å². The van der Waals surface area contributed by atoms with Crippen molar-refractivity contribution in [2.24, 2.45) is 0 Å². The highest BCUT2D eigenvalue weighted by Gasteiger charge is 2.14. The second kappa shape index (κ2) is 7.93. The standard InChI is InChI=1S/C16H26N2/c1-5-13-18(8-4)16-12-10-9-11-14(16)15(6-2)17-7-3/h5,9-12,15,17H,1,6-8,13H2,2-4H3. The average molecular weight is 246 g/mol. The van der Waals surface area contributed by atoms with Crippen molar-refractivity contribution in [3.05, 3.63) is 42.5 Å². The Balaban J connectivity index is 3.06. The zero-order valence-corrected chi connectivity index (χ0v) is 11.9. The van der Waals surface area contributed by atoms with Gasteiger partial charge in [0.05, 0.1) is 0 Å². The van der Waals surface area contributed by atoms with Crippen LogP contribution in [-0.4, -0.2) is 19.6 Å². The van der Waals surface area contributed by atoms with Gasteiger partial charge in [0, 0.05) is 24.8 Å². The molecule has 1 aromatic rings. The number of benzene rings is 1. The van der Waals surface area contributed by atoms with Gasteiger partial charge >= 0.3 is 0 Å². The van der Waals surface area contributed by atoms with Gasteiger partial charge in [0.1, 0.15) is 0 Å². The van der Waals surface area contributed by atoms with Crippen LogP contribution in [0.5, 0.6) is 0 Å². The number of hydrogen-bond donors (Lipinski definition) is 1. The summed E-state index contributed by atoms with van der Waals surface area (Å²) in [5.41, 5.74) is 2.72. The third-order valence-electron chi connectivity index (χ3n) is 3.24. The fourth-order valence-corrected chi connectivity index (χ4v) is 2.34. The van der Waals surface area contributed by atoms with Gasteiger partial charge in [0.25, 0.3) is 0 Å². The van der Waals surface area contributed by atoms with Crippen molar-refractivity contribution < 1.29 is 0 Å². The Hall–Kier alpha value is -1.28. The van der Waals surface area contributed by atoms with E-state index in [1.807, 2.05) is 6.08 Å². The molecule has 0 aliphatic heterocycles. The molecular formula is C16H26N2. The molecule has 0 saturated carbocycles. The Labute approximate surface area is 112 Å². The Kier molecular flexibility index (Phi) is 6.51. The highest BCUT2D eigenvalue weighted by atomic mass is 15.1. The summed E-state index contributed by atoms with van der Waals surface area (Å²) in [5.74, 6) is 0. The van der Waals surface area contributed by atoms with Crippen LogP contribution in [0.4, 0.5) is 5.69 Å². The van der Waals surface area contributed by atoms with Crippen molar-refractivity contribution in [3.63, 3.8) is 0 Å². The number of hydrogen-bond acceptors (Lipinski definition) is 2. The highest BCUT2D eigenvalue weighted by Crippen LogP contribution is 2.28. The molecule has 0 amide bonds. The van der Waals surface area contributed by atoms with E-state index in [1.165, 1.54) is 11.3 Å². The van der Waals surface area contributed by atoms with Crippen LogP contribution in [0.15, 0.2) is 36.9 Å². The van der Waals surface area contributed by atoms with Crippen LogP contribution in [0, 0.1) is 0 Å². The predicted octanol–water partition coefficient (Wildman–Crippen LogP) is 3.76. The Morgan fingerprint density at radius 3 is 2.56 bits per heavy atom. The third kappa shape index (κ3) is 3.61. The first-order chi connectivity index (χ1) is 8.78. The average Bonchev–Trinajstić information content (AvgIpc) is 2.42. The van der Waals surface area contributed by atoms with Crippen molar-refractivity contribution in [1.82, 2.24) is 5.32 Å². The maximum Gasteiger partial charge on any atom is 0.0417 e. The molecule has 0 bridgehead atoms. The molecule has 1 atom stereocenters. The molecule has 2 heteroatoms. The van der Waals surface area contributed by atoms with Gasteiger partial charge in [-0.15, -0.1) is 6.58 Å². The molecule has 0 fully saturated rings. The fraction of sp³-hybridized carbons (Fsp3) is 0.500. The second-order valence-corrected chi connectivity index (χ2v) is 4.40. The van der Waals surface area contributed by atoms with Gasteiger partial charge in [-0.25, -0.2) is 0 Å². The number of likely N-dealkylation sites (N-methyl/N-ethyl adjacent to an activating group) is 1. The van der Waals surface area contributed by atoms with E-state index in [-0.39, 0.29) is 0 Å². The summed E-state index contributed by atoms with van der Waals surface area (Å²) in [6.45, 7) is 13.3. The molecule has 0 aliphatic rings. The topological polar surface area (TPSA) is 15.3 Å². The van der Waals surface area contributed by atoms with Gasteiger partial charge in [-0.1, -0.05) is 38.1 Å². The Morgan fingerprint density at radius 2 is 2.00 bits per heavy atom. The molecular weight excluding hydrogens is 220 g/mol. The zero-order chi connectivity index (χ0) is 13.4. The monoisotopic (exact) mass is 246 g/mol. The zero-order valence-electron chi connectivity index (χ0n) is 11.9. The van der Waals surface area contributed by atoms with E-state index in [1.54, 1.807) is 0 Å². The molecule has 1 unspecified atom stereocenters. The summed E-state index contributed by atoms with van der Waals surface area (Å²) in [6, 6.07) is 9.12. The summed E-state index contributed by atoms with van der Waals surface area (Å²) in [6.07, 6.45) is 3.07. The van der Waals surface area contributed by atoms with E-state index in [2.05, 4.69) is 61.8 Å². The molecule has 0 spiro atoms. The maximum absolute atomic E-state index is 3.85. The van der Waals surface area contributed by atoms with Crippen molar-refractivity contribution >= 4 is 5.69 Å². The van der Waals surface area contributed by atoms with Crippen LogP contribution in [0.25, 0.3) is 0 Å². The summed E-state index contributed by atoms with van der Waals surface area (Å²) < 4.78 is 0. The number of nitrogens with zero attached hydrogens (tertiary/aromatic N) is 1. The smallest absolute Gasteiger partial charge is 0.0417 e. The lowest BCUT2D eigenvalue weighted by Crippen LogP contribution is -2.27. The lowest BCUT2D eigenvalue weighted by molar-refractivity contribution is 0.536. The minimum atomic E-state index is 0.435. The normalized spacial score (nSPS) is 12.2. The number of para-hydroxylation sites is 1. The minimum Gasteiger partial charge on any atom is -0.368 e. The fourth-order valence-electron chi connectivity index (χ4n) is 2.34. The maximum atomic E-state index is 3.85. The summed E-state index contributed by atoms with van der Waals surface area (Å²) in [7, 11) is 0. The van der Waals surface area contributed by atoms with E-state index in [9.17, 15) is 0 Å². The van der Waals surface area contributed by atoms with E-state index in [0.29, 0.717) is 6.04 Å². The van der Waals surface area contributed by atoms with E-state index in [4.69, 9.17) is 0 Å². The van der Waals surface area contributed by atoms with Crippen LogP contribution < -0.4 is 10.2 Å². The van der Waals surface area contributed by atoms with Gasteiger partial charge < -0.3 is 10.2 Å². The number of nitrogens with one attached hydrogen (secondary N) is 1. The first-order valence-electron chi connectivity index (χ1n) is 6.96. The quantitative estimate of drug-likeness (QED) is 0.703. The minimum absolute atomic E-state index is 0.435. The molecule has 18 heavy (non-hydrogen) atoms. The highest BCUT2D eigenvalue weighted by molar-refractivity contribution is 5.55. The van der Waals surface area contributed by atoms with Crippen molar-refractivity contribution in [3.8, 4) is 0 Å². The van der Waals surface area contributed by atoms with E-state index in [0.717, 1.165) is 26.1 Å². The molecule has 1 N–H and O–H groups in total. The second-order valence-electron chi connectivity index (χ2n) is 4.40. The lowest BCUT2D eigenvalue weighted by Gasteiger charge is -2.28. The lowest BCUT2D eigenvalue weighted by atomic mass is 10.0. The predicted molar refractivity (Wildman–Crippen MR) is 81.2 cm³/mol. The van der Waals surface area contributed by atoms with E-state index < -0.39 is 0 Å². The van der Waals surface area contributed by atoms with Gasteiger partial charge in [0.2, 0.25) is 0 Å². The SMILES string of the molecule is C=CCN(CC)c1ccccc1C(CC)NCC. The van der Waals surface area contributed by atoms with Crippen LogP contribution in [0.3, 0.4) is 0 Å². The molecule has 1 rings (SSSR count). The van der Waals surface area contributed by atoms with Crippen LogP contribution in [0.2, 0.25) is 0 Å². The van der Waals surface area contributed by atoms with E-state index >= 15 is 0 Å². The van der Waals surface area contributed by atoms with Gasteiger partial charge in [0.15, 0.2) is 0 Å². The van der Waals surface area contributed by atoms with Gasteiger partial charge in [-0.3, -0.25) is 0 Å². The molecule has 0 saturated heterocycles. The summed E-state index contributed by atoms with van der Waals surface area (Å²) >= 11 is 0. The summed E-state index contributed by atoms with van der Waals surface area (Å²) in [4.78, 5) is 2.36. The largest absolute Gasteiger partial charge is 0.368 e. The van der Waals surface area contributed by atoms with Crippen molar-refractivity contribution in [2.45, 2.75) is 33.2 Å². The summed E-state index contributed by atoms with van der Waals surface area (Å²) in [5, 5.41) is 3.56. The van der Waals surface area contributed by atoms with Gasteiger partial charge in [-0.05, 0) is 31.5 Å². The van der Waals surface area contributed by atoms with Crippen molar-refractivity contribution in [1.29, 1.82) is 0 Å². The number of rotatable bonds is 8. The molecule has 1 aromatic carbocycles. The van der Waals surface area contributed by atoms with Crippen molar-refractivity contribution in [2.75, 3.05) is 24.5 Å². The molecule has 0 aliphatic carbocycles. The van der Waals surface area contributed by atoms with Crippen LogP contribution >= 0.6 is 0 Å². The van der Waals surface area contributed by atoms with Crippen LogP contribution in [-0.2, 0) is 0 Å². The first kappa shape index (κ1) is 14.8. The van der Waals surface area contributed by atoms with Crippen LogP contribution in [0.1, 0.15) is 38.8 Å². The Bertz CT molecular complexity index is 360. The molecule has 0 heterocycles.